The van der Waals surface area contributed by atoms with Gasteiger partial charge in [0.2, 0.25) is 0 Å². The summed E-state index contributed by atoms with van der Waals surface area (Å²) < 4.78 is 4.75. The van der Waals surface area contributed by atoms with Crippen molar-refractivity contribution >= 4 is 5.97 Å². The van der Waals surface area contributed by atoms with Crippen LogP contribution in [0.15, 0.2) is 0 Å². The quantitative estimate of drug-likeness (QED) is 0.474. The maximum Gasteiger partial charge on any atom is 0.307 e. The number of aliphatic carboxylic acids is 1. The number of rotatable bonds is 8. The molecule has 0 saturated heterocycles. The van der Waals surface area contributed by atoms with Crippen molar-refractivity contribution in [1.82, 2.24) is 5.32 Å². The SMILES string of the molecule is COCC(O)CCNCC(C)C(=O)O. The molecule has 0 bridgehead atoms. The molecule has 14 heavy (non-hydrogen) atoms. The monoisotopic (exact) mass is 205 g/mol. The number of aliphatic hydroxyl groups is 1. The van der Waals surface area contributed by atoms with Gasteiger partial charge in [0.15, 0.2) is 0 Å². The summed E-state index contributed by atoms with van der Waals surface area (Å²) in [6, 6.07) is 0. The fraction of sp³-hybridized carbons (Fsp3) is 0.889. The number of carboxylic acid groups (broad SMARTS) is 1. The minimum absolute atomic E-state index is 0.316. The first kappa shape index (κ1) is 13.4. The molecule has 0 aliphatic carbocycles. The molecule has 84 valence electrons. The van der Waals surface area contributed by atoms with E-state index in [1.807, 2.05) is 0 Å². The lowest BCUT2D eigenvalue weighted by Crippen LogP contribution is -2.29. The van der Waals surface area contributed by atoms with Crippen molar-refractivity contribution in [2.24, 2.45) is 5.92 Å². The van der Waals surface area contributed by atoms with Gasteiger partial charge in [0.05, 0.1) is 18.6 Å². The first-order valence-electron chi connectivity index (χ1n) is 4.68. The first-order valence-corrected chi connectivity index (χ1v) is 4.68. The topological polar surface area (TPSA) is 78.8 Å². The molecular weight excluding hydrogens is 186 g/mol. The summed E-state index contributed by atoms with van der Waals surface area (Å²) in [6.07, 6.45) is 0.0906. The van der Waals surface area contributed by atoms with Crippen LogP contribution in [0.3, 0.4) is 0 Å². The maximum atomic E-state index is 10.4. The zero-order valence-electron chi connectivity index (χ0n) is 8.69. The highest BCUT2D eigenvalue weighted by molar-refractivity contribution is 5.69. The molecule has 0 aliphatic heterocycles. The van der Waals surface area contributed by atoms with Crippen LogP contribution in [0.25, 0.3) is 0 Å². The van der Waals surface area contributed by atoms with Gasteiger partial charge in [-0.05, 0) is 13.0 Å². The molecule has 0 aliphatic rings. The molecule has 0 aromatic carbocycles. The Hall–Kier alpha value is -0.650. The molecule has 3 N–H and O–H groups in total. The van der Waals surface area contributed by atoms with E-state index in [0.717, 1.165) is 0 Å². The average Bonchev–Trinajstić information content (AvgIpc) is 2.12. The lowest BCUT2D eigenvalue weighted by molar-refractivity contribution is -0.140. The third-order valence-electron chi connectivity index (χ3n) is 1.89. The molecule has 0 aromatic heterocycles. The van der Waals surface area contributed by atoms with Gasteiger partial charge < -0.3 is 20.3 Å². The summed E-state index contributed by atoms with van der Waals surface area (Å²) >= 11 is 0. The van der Waals surface area contributed by atoms with Crippen LogP contribution in [-0.2, 0) is 9.53 Å². The molecule has 0 spiro atoms. The minimum Gasteiger partial charge on any atom is -0.481 e. The van der Waals surface area contributed by atoms with Crippen LogP contribution in [0.4, 0.5) is 0 Å². The number of carboxylic acids is 1. The number of aliphatic hydroxyl groups excluding tert-OH is 1. The molecule has 0 radical (unpaired) electrons. The van der Waals surface area contributed by atoms with Crippen molar-refractivity contribution < 1.29 is 19.7 Å². The predicted molar refractivity (Wildman–Crippen MR) is 52.2 cm³/mol. The van der Waals surface area contributed by atoms with Crippen molar-refractivity contribution in [3.8, 4) is 0 Å². The lowest BCUT2D eigenvalue weighted by Gasteiger charge is -2.11. The largest absolute Gasteiger partial charge is 0.481 e. The Morgan fingerprint density at radius 3 is 2.71 bits per heavy atom. The van der Waals surface area contributed by atoms with E-state index in [0.29, 0.717) is 26.1 Å². The van der Waals surface area contributed by atoms with Crippen LogP contribution in [0.5, 0.6) is 0 Å². The molecule has 2 atom stereocenters. The van der Waals surface area contributed by atoms with Crippen molar-refractivity contribution in [2.75, 3.05) is 26.8 Å². The molecule has 5 heteroatoms. The third kappa shape index (κ3) is 6.82. The van der Waals surface area contributed by atoms with Crippen molar-refractivity contribution in [1.29, 1.82) is 0 Å². The normalized spacial score (nSPS) is 15.1. The highest BCUT2D eigenvalue weighted by atomic mass is 16.5. The van der Waals surface area contributed by atoms with Gasteiger partial charge in [-0.2, -0.15) is 0 Å². The molecule has 5 nitrogen and oxygen atoms in total. The zero-order valence-corrected chi connectivity index (χ0v) is 8.69. The van der Waals surface area contributed by atoms with Gasteiger partial charge in [0, 0.05) is 13.7 Å². The predicted octanol–water partition coefficient (Wildman–Crippen LogP) is -0.306. The van der Waals surface area contributed by atoms with Gasteiger partial charge in [-0.15, -0.1) is 0 Å². The minimum atomic E-state index is -0.810. The Labute approximate surface area is 84.1 Å². The van der Waals surface area contributed by atoms with Gasteiger partial charge in [-0.3, -0.25) is 4.79 Å². The van der Waals surface area contributed by atoms with E-state index in [1.165, 1.54) is 7.11 Å². The zero-order chi connectivity index (χ0) is 11.0. The summed E-state index contributed by atoms with van der Waals surface area (Å²) in [5, 5.41) is 20.8. The highest BCUT2D eigenvalue weighted by Gasteiger charge is 2.09. The number of hydrogen-bond donors (Lipinski definition) is 3. The number of nitrogens with one attached hydrogen (secondary N) is 1. The summed E-state index contributed by atoms with van der Waals surface area (Å²) in [5.41, 5.74) is 0. The first-order chi connectivity index (χ1) is 6.57. The molecule has 0 heterocycles. The highest BCUT2D eigenvalue weighted by Crippen LogP contribution is 1.93. The molecular formula is C9H19NO4. The van der Waals surface area contributed by atoms with E-state index < -0.39 is 18.0 Å². The van der Waals surface area contributed by atoms with Gasteiger partial charge >= 0.3 is 5.97 Å². The fourth-order valence-corrected chi connectivity index (χ4v) is 0.950. The number of carbonyl (C=O) groups is 1. The Bertz CT molecular complexity index is 163. The Morgan fingerprint density at radius 1 is 1.57 bits per heavy atom. The standard InChI is InChI=1S/C9H19NO4/c1-7(9(12)13)5-10-4-3-8(11)6-14-2/h7-8,10-11H,3-6H2,1-2H3,(H,12,13). The van der Waals surface area contributed by atoms with E-state index >= 15 is 0 Å². The van der Waals surface area contributed by atoms with E-state index in [9.17, 15) is 9.90 Å². The van der Waals surface area contributed by atoms with Gasteiger partial charge in [-0.25, -0.2) is 0 Å². The summed E-state index contributed by atoms with van der Waals surface area (Å²) in [6.45, 7) is 2.98. The van der Waals surface area contributed by atoms with Crippen LogP contribution < -0.4 is 5.32 Å². The Balaban J connectivity index is 3.33. The lowest BCUT2D eigenvalue weighted by atomic mass is 10.2. The molecule has 0 fully saturated rings. The number of methoxy groups -OCH3 is 1. The van der Waals surface area contributed by atoms with Gasteiger partial charge in [-0.1, -0.05) is 6.92 Å². The van der Waals surface area contributed by atoms with Gasteiger partial charge in [0.1, 0.15) is 0 Å². The summed E-state index contributed by atoms with van der Waals surface area (Å²) in [7, 11) is 1.53. The second kappa shape index (κ2) is 7.73. The molecule has 0 amide bonds. The molecule has 0 rings (SSSR count). The fourth-order valence-electron chi connectivity index (χ4n) is 0.950. The molecule has 0 aromatic rings. The van der Waals surface area contributed by atoms with E-state index in [2.05, 4.69) is 5.32 Å². The van der Waals surface area contributed by atoms with Crippen LogP contribution >= 0.6 is 0 Å². The van der Waals surface area contributed by atoms with Gasteiger partial charge in [0.25, 0.3) is 0 Å². The van der Waals surface area contributed by atoms with Crippen LogP contribution in [-0.4, -0.2) is 49.1 Å². The Kier molecular flexibility index (Phi) is 7.37. The van der Waals surface area contributed by atoms with Crippen molar-refractivity contribution in [2.45, 2.75) is 19.4 Å². The van der Waals surface area contributed by atoms with E-state index in [1.54, 1.807) is 6.92 Å². The second-order valence-corrected chi connectivity index (χ2v) is 3.34. The van der Waals surface area contributed by atoms with Crippen molar-refractivity contribution in [3.63, 3.8) is 0 Å². The summed E-state index contributed by atoms with van der Waals surface area (Å²) in [4.78, 5) is 10.4. The van der Waals surface area contributed by atoms with Crippen LogP contribution in [0.2, 0.25) is 0 Å². The van der Waals surface area contributed by atoms with Crippen molar-refractivity contribution in [3.05, 3.63) is 0 Å². The summed E-state index contributed by atoms with van der Waals surface area (Å²) in [5.74, 6) is -1.20. The molecule has 0 saturated carbocycles. The second-order valence-electron chi connectivity index (χ2n) is 3.34. The maximum absolute atomic E-state index is 10.4. The average molecular weight is 205 g/mol. The smallest absolute Gasteiger partial charge is 0.307 e. The van der Waals surface area contributed by atoms with E-state index in [-0.39, 0.29) is 0 Å². The van der Waals surface area contributed by atoms with Crippen LogP contribution in [0, 0.1) is 5.92 Å². The number of ether oxygens (including phenoxy) is 1. The molecule has 2 unspecified atom stereocenters. The third-order valence-corrected chi connectivity index (χ3v) is 1.89. The Morgan fingerprint density at radius 2 is 2.21 bits per heavy atom. The van der Waals surface area contributed by atoms with Crippen LogP contribution in [0.1, 0.15) is 13.3 Å². The van der Waals surface area contributed by atoms with E-state index in [4.69, 9.17) is 9.84 Å². The number of hydrogen-bond acceptors (Lipinski definition) is 4.